The van der Waals surface area contributed by atoms with Crippen molar-refractivity contribution in [1.82, 2.24) is 0 Å². The number of carboxylic acid groups (broad SMARTS) is 1. The molecule has 10 heteroatoms. The van der Waals surface area contributed by atoms with Crippen LogP contribution in [0, 0.1) is 10.1 Å². The molecule has 20 heavy (non-hydrogen) atoms. The fourth-order valence-corrected chi connectivity index (χ4v) is 1.27. The zero-order valence-electron chi connectivity index (χ0n) is 9.65. The van der Waals surface area contributed by atoms with E-state index in [4.69, 9.17) is 5.11 Å². The van der Waals surface area contributed by atoms with Gasteiger partial charge in [0.2, 0.25) is 0 Å². The number of nitro benzene ring substituents is 1. The van der Waals surface area contributed by atoms with E-state index >= 15 is 0 Å². The van der Waals surface area contributed by atoms with Crippen molar-refractivity contribution in [3.05, 3.63) is 33.9 Å². The summed E-state index contributed by atoms with van der Waals surface area (Å²) in [6.45, 7) is -1.55. The van der Waals surface area contributed by atoms with Crippen LogP contribution in [0.15, 0.2) is 18.2 Å². The largest absolute Gasteiger partial charge is 0.478 e. The lowest BCUT2D eigenvalue weighted by atomic mass is 10.1. The van der Waals surface area contributed by atoms with E-state index in [9.17, 15) is 32.5 Å². The van der Waals surface area contributed by atoms with E-state index in [1.165, 1.54) is 0 Å². The summed E-state index contributed by atoms with van der Waals surface area (Å²) in [5, 5.41) is 21.1. The van der Waals surface area contributed by atoms with E-state index in [1.54, 1.807) is 5.32 Å². The second kappa shape index (κ2) is 5.72. The van der Waals surface area contributed by atoms with Crippen LogP contribution in [0.4, 0.5) is 28.9 Å². The predicted octanol–water partition coefficient (Wildman–Crippen LogP) is 2.61. The van der Waals surface area contributed by atoms with E-state index in [2.05, 4.69) is 0 Å². The normalized spacial score (nSPS) is 11.4. The van der Waals surface area contributed by atoms with Gasteiger partial charge < -0.3 is 10.4 Å². The molecule has 110 valence electrons. The summed E-state index contributed by atoms with van der Waals surface area (Å²) in [4.78, 5) is 20.4. The third-order valence-corrected chi connectivity index (χ3v) is 2.28. The highest BCUT2D eigenvalue weighted by molar-refractivity contribution is 5.94. The number of benzene rings is 1. The smallest absolute Gasteiger partial charge is 0.337 e. The first-order valence-electron chi connectivity index (χ1n) is 5.06. The third kappa shape index (κ3) is 3.56. The van der Waals surface area contributed by atoms with Gasteiger partial charge in [0, 0.05) is 12.1 Å². The molecule has 0 saturated heterocycles. The van der Waals surface area contributed by atoms with Crippen LogP contribution in [0.2, 0.25) is 0 Å². The molecule has 0 spiro atoms. The van der Waals surface area contributed by atoms with Gasteiger partial charge in [-0.2, -0.15) is 8.78 Å². The zero-order valence-corrected chi connectivity index (χ0v) is 9.65. The van der Waals surface area contributed by atoms with Crippen molar-refractivity contribution in [2.45, 2.75) is 12.3 Å². The van der Waals surface area contributed by atoms with Crippen molar-refractivity contribution < 1.29 is 32.4 Å². The van der Waals surface area contributed by atoms with Crippen molar-refractivity contribution in [1.29, 1.82) is 0 Å². The molecule has 0 aliphatic carbocycles. The van der Waals surface area contributed by atoms with Crippen molar-refractivity contribution in [3.63, 3.8) is 0 Å². The summed E-state index contributed by atoms with van der Waals surface area (Å²) in [5.41, 5.74) is -1.63. The number of nitrogens with zero attached hydrogens (tertiary/aromatic N) is 1. The number of anilines is 1. The first kappa shape index (κ1) is 15.7. The number of hydrogen-bond donors (Lipinski definition) is 2. The number of aromatic carboxylic acids is 1. The Kier molecular flexibility index (Phi) is 4.48. The maximum absolute atomic E-state index is 12.7. The molecule has 0 aliphatic heterocycles. The van der Waals surface area contributed by atoms with Crippen LogP contribution in [0.3, 0.4) is 0 Å². The molecule has 0 aromatic heterocycles. The number of alkyl halides is 4. The highest BCUT2D eigenvalue weighted by Gasteiger charge is 2.40. The second-order valence-corrected chi connectivity index (χ2v) is 3.71. The fraction of sp³-hybridized carbons (Fsp3) is 0.300. The minimum Gasteiger partial charge on any atom is -0.478 e. The third-order valence-electron chi connectivity index (χ3n) is 2.28. The zero-order chi connectivity index (χ0) is 15.5. The molecule has 0 radical (unpaired) electrons. The van der Waals surface area contributed by atoms with Gasteiger partial charge in [-0.05, 0) is 6.07 Å². The topological polar surface area (TPSA) is 92.5 Å². The summed E-state index contributed by atoms with van der Waals surface area (Å²) in [5.74, 6) is -5.93. The summed E-state index contributed by atoms with van der Waals surface area (Å²) in [7, 11) is 0. The number of non-ortho nitro benzene ring substituents is 1. The Labute approximate surface area is 109 Å². The number of rotatable bonds is 6. The summed E-state index contributed by atoms with van der Waals surface area (Å²) in [6.07, 6.45) is -3.94. The van der Waals surface area contributed by atoms with E-state index < -0.39 is 46.7 Å². The highest BCUT2D eigenvalue weighted by atomic mass is 19.3. The molecule has 0 unspecified atom stereocenters. The van der Waals surface area contributed by atoms with Crippen LogP contribution in [0.5, 0.6) is 0 Å². The van der Waals surface area contributed by atoms with Crippen molar-refractivity contribution in [2.75, 3.05) is 11.9 Å². The highest BCUT2D eigenvalue weighted by Crippen LogP contribution is 2.27. The fourth-order valence-electron chi connectivity index (χ4n) is 1.27. The van der Waals surface area contributed by atoms with Crippen molar-refractivity contribution >= 4 is 17.3 Å². The molecule has 1 aromatic carbocycles. The average Bonchev–Trinajstić information content (AvgIpc) is 2.35. The Hall–Kier alpha value is -2.39. The van der Waals surface area contributed by atoms with Crippen LogP contribution in [-0.4, -0.2) is 34.9 Å². The van der Waals surface area contributed by atoms with Crippen LogP contribution in [0.1, 0.15) is 10.4 Å². The summed E-state index contributed by atoms with van der Waals surface area (Å²) < 4.78 is 49.4. The Balaban J connectivity index is 3.05. The summed E-state index contributed by atoms with van der Waals surface area (Å²) >= 11 is 0. The lowest BCUT2D eigenvalue weighted by Crippen LogP contribution is -2.35. The number of carbonyl (C=O) groups is 1. The Morgan fingerprint density at radius 1 is 1.45 bits per heavy atom. The summed E-state index contributed by atoms with van der Waals surface area (Å²) in [6, 6.07) is 2.37. The van der Waals surface area contributed by atoms with Gasteiger partial charge in [0.05, 0.1) is 22.7 Å². The van der Waals surface area contributed by atoms with Gasteiger partial charge in [0.25, 0.3) is 5.69 Å². The monoisotopic (exact) mass is 296 g/mol. The molecule has 1 rings (SSSR count). The number of nitro groups is 1. The first-order chi connectivity index (χ1) is 9.15. The van der Waals surface area contributed by atoms with Gasteiger partial charge in [0.15, 0.2) is 0 Å². The molecule has 6 nitrogen and oxygen atoms in total. The molecule has 0 saturated carbocycles. The average molecular weight is 296 g/mol. The second-order valence-electron chi connectivity index (χ2n) is 3.71. The number of carboxylic acids is 1. The van der Waals surface area contributed by atoms with Gasteiger partial charge in [-0.1, -0.05) is 0 Å². The van der Waals surface area contributed by atoms with E-state index in [0.29, 0.717) is 6.07 Å². The van der Waals surface area contributed by atoms with Crippen LogP contribution < -0.4 is 5.32 Å². The van der Waals surface area contributed by atoms with Crippen LogP contribution in [-0.2, 0) is 0 Å². The van der Waals surface area contributed by atoms with Gasteiger partial charge in [0.1, 0.15) is 0 Å². The van der Waals surface area contributed by atoms with Gasteiger partial charge in [-0.25, -0.2) is 13.6 Å². The lowest BCUT2D eigenvalue weighted by molar-refractivity contribution is -0.384. The molecule has 2 N–H and O–H groups in total. The number of halogens is 4. The Bertz CT molecular complexity index is 536. The molecular weight excluding hydrogens is 288 g/mol. The van der Waals surface area contributed by atoms with E-state index in [-0.39, 0.29) is 0 Å². The van der Waals surface area contributed by atoms with Gasteiger partial charge >= 0.3 is 18.3 Å². The lowest BCUT2D eigenvalue weighted by Gasteiger charge is -2.17. The Morgan fingerprint density at radius 2 is 2.05 bits per heavy atom. The van der Waals surface area contributed by atoms with E-state index in [0.717, 1.165) is 12.1 Å². The standard InChI is InChI=1S/C10H8F4N2O4/c11-9(12)10(13,14)4-15-7-3-5(16(19)20)1-2-6(7)8(17)18/h1-3,9,15H,4H2,(H,17,18). The van der Waals surface area contributed by atoms with Gasteiger partial charge in [-0.3, -0.25) is 10.1 Å². The molecule has 0 heterocycles. The molecule has 0 bridgehead atoms. The van der Waals surface area contributed by atoms with Crippen molar-refractivity contribution in [2.24, 2.45) is 0 Å². The minimum absolute atomic E-state index is 0.535. The van der Waals surface area contributed by atoms with Crippen LogP contribution in [0.25, 0.3) is 0 Å². The van der Waals surface area contributed by atoms with Crippen molar-refractivity contribution in [3.8, 4) is 0 Å². The Morgan fingerprint density at radius 3 is 2.50 bits per heavy atom. The molecule has 0 fully saturated rings. The maximum atomic E-state index is 12.7. The minimum atomic E-state index is -4.39. The van der Waals surface area contributed by atoms with Crippen LogP contribution >= 0.6 is 0 Å². The SMILES string of the molecule is O=C(O)c1ccc([N+](=O)[O-])cc1NCC(F)(F)C(F)F. The van der Waals surface area contributed by atoms with E-state index in [1.807, 2.05) is 0 Å². The number of hydrogen-bond acceptors (Lipinski definition) is 4. The molecular formula is C10H8F4N2O4. The molecule has 0 amide bonds. The molecule has 1 aromatic rings. The predicted molar refractivity (Wildman–Crippen MR) is 59.5 cm³/mol. The maximum Gasteiger partial charge on any atom is 0.337 e. The number of nitrogens with one attached hydrogen (secondary N) is 1. The quantitative estimate of drug-likeness (QED) is 0.478. The molecule has 0 atom stereocenters. The first-order valence-corrected chi connectivity index (χ1v) is 5.06. The van der Waals surface area contributed by atoms with Gasteiger partial charge in [-0.15, -0.1) is 0 Å². The molecule has 0 aliphatic rings.